The van der Waals surface area contributed by atoms with E-state index in [1.54, 1.807) is 0 Å². The molecule has 0 aromatic carbocycles. The number of aromatic nitrogens is 2. The van der Waals surface area contributed by atoms with E-state index in [-0.39, 0.29) is 5.56 Å². The van der Waals surface area contributed by atoms with Crippen molar-refractivity contribution in [1.29, 1.82) is 0 Å². The van der Waals surface area contributed by atoms with Crippen molar-refractivity contribution >= 4 is 5.91 Å². The fourth-order valence-corrected chi connectivity index (χ4v) is 5.82. The second-order valence-corrected chi connectivity index (χ2v) is 7.92. The number of nitrogens with one attached hydrogen (secondary N) is 1. The molecule has 1 amide bonds. The summed E-state index contributed by atoms with van der Waals surface area (Å²) < 4.78 is 0. The lowest BCUT2D eigenvalue weighted by Crippen LogP contribution is -2.36. The van der Waals surface area contributed by atoms with Gasteiger partial charge < -0.3 is 9.88 Å². The highest BCUT2D eigenvalue weighted by Gasteiger charge is 2.67. The zero-order chi connectivity index (χ0) is 15.7. The molecule has 5 rings (SSSR count). The fourth-order valence-electron chi connectivity index (χ4n) is 5.82. The number of carbonyl (C=O) groups is 1. The molecule has 1 aliphatic heterocycles. The molecule has 3 fully saturated rings. The lowest BCUT2D eigenvalue weighted by atomic mass is 10.0. The number of rotatable bonds is 1. The Hall–Kier alpha value is -1.65. The Balaban J connectivity index is 1.33. The van der Waals surface area contributed by atoms with Gasteiger partial charge in [0.25, 0.3) is 5.56 Å². The fraction of sp³-hybridized carbons (Fsp3) is 0.722. The first-order chi connectivity index (χ1) is 11.1. The van der Waals surface area contributed by atoms with Crippen LogP contribution in [0.15, 0.2) is 4.79 Å². The number of amides is 1. The Morgan fingerprint density at radius 1 is 1.17 bits per heavy atom. The first-order valence-electron chi connectivity index (χ1n) is 9.01. The molecule has 5 nitrogen and oxygen atoms in total. The van der Waals surface area contributed by atoms with Crippen LogP contribution in [0.3, 0.4) is 0 Å². The van der Waals surface area contributed by atoms with E-state index in [4.69, 9.17) is 0 Å². The second kappa shape index (κ2) is 4.68. The molecule has 1 N–H and O–H groups in total. The molecule has 3 aliphatic carbocycles. The van der Waals surface area contributed by atoms with Gasteiger partial charge in [-0.1, -0.05) is 0 Å². The topological polar surface area (TPSA) is 66.1 Å². The molecular weight excluding hydrogens is 290 g/mol. The molecule has 3 saturated carbocycles. The lowest BCUT2D eigenvalue weighted by Gasteiger charge is -2.22. The van der Waals surface area contributed by atoms with Crippen LogP contribution in [0.5, 0.6) is 0 Å². The average Bonchev–Trinajstić information content (AvgIpc) is 3.06. The van der Waals surface area contributed by atoms with Crippen LogP contribution in [0.1, 0.15) is 36.3 Å². The first-order valence-corrected chi connectivity index (χ1v) is 9.01. The summed E-state index contributed by atoms with van der Waals surface area (Å²) in [6, 6.07) is 0. The maximum Gasteiger partial charge on any atom is 0.254 e. The zero-order valence-corrected chi connectivity index (χ0v) is 13.5. The summed E-state index contributed by atoms with van der Waals surface area (Å²) in [4.78, 5) is 34.4. The maximum absolute atomic E-state index is 13.0. The van der Waals surface area contributed by atoms with Gasteiger partial charge in [0.1, 0.15) is 5.82 Å². The van der Waals surface area contributed by atoms with Gasteiger partial charge in [-0.05, 0) is 56.3 Å². The molecule has 2 bridgehead atoms. The quantitative estimate of drug-likeness (QED) is 0.850. The number of carbonyl (C=O) groups excluding carboxylic acids is 1. The number of hydrogen-bond acceptors (Lipinski definition) is 3. The van der Waals surface area contributed by atoms with Crippen LogP contribution in [0.4, 0.5) is 0 Å². The van der Waals surface area contributed by atoms with Crippen molar-refractivity contribution in [3.8, 4) is 0 Å². The summed E-state index contributed by atoms with van der Waals surface area (Å²) in [5, 5.41) is 0. The number of H-pyrrole nitrogens is 1. The summed E-state index contributed by atoms with van der Waals surface area (Å²) in [5.41, 5.74) is 1.64. The van der Waals surface area contributed by atoms with E-state index in [0.29, 0.717) is 55.4 Å². The first kappa shape index (κ1) is 13.8. The average molecular weight is 313 g/mol. The Morgan fingerprint density at radius 3 is 2.61 bits per heavy atom. The minimum Gasteiger partial charge on any atom is -0.342 e. The maximum atomic E-state index is 13.0. The molecule has 2 heterocycles. The molecule has 1 aromatic rings. The molecule has 1 aromatic heterocycles. The van der Waals surface area contributed by atoms with Gasteiger partial charge in [-0.25, -0.2) is 4.98 Å². The number of aromatic amines is 1. The largest absolute Gasteiger partial charge is 0.342 e. The van der Waals surface area contributed by atoms with Crippen LogP contribution in [0.25, 0.3) is 0 Å². The van der Waals surface area contributed by atoms with E-state index >= 15 is 0 Å². The van der Waals surface area contributed by atoms with Gasteiger partial charge in [-0.15, -0.1) is 0 Å². The van der Waals surface area contributed by atoms with Crippen LogP contribution in [-0.2, 0) is 17.6 Å². The normalized spacial score (nSPS) is 37.3. The third-order valence-electron chi connectivity index (χ3n) is 6.80. The van der Waals surface area contributed by atoms with Crippen molar-refractivity contribution in [3.63, 3.8) is 0 Å². The van der Waals surface area contributed by atoms with E-state index in [0.717, 1.165) is 23.1 Å². The Kier molecular flexibility index (Phi) is 2.80. The van der Waals surface area contributed by atoms with E-state index in [2.05, 4.69) is 9.97 Å². The highest BCUT2D eigenvalue weighted by Crippen LogP contribution is 2.69. The van der Waals surface area contributed by atoms with Crippen LogP contribution >= 0.6 is 0 Å². The van der Waals surface area contributed by atoms with Crippen molar-refractivity contribution in [2.75, 3.05) is 13.1 Å². The highest BCUT2D eigenvalue weighted by atomic mass is 16.2. The molecule has 0 spiro atoms. The summed E-state index contributed by atoms with van der Waals surface area (Å²) in [6.07, 6.45) is 5.42. The number of nitrogens with zero attached hydrogens (tertiary/aromatic N) is 2. The van der Waals surface area contributed by atoms with E-state index in [1.165, 1.54) is 19.3 Å². The molecule has 4 aliphatic rings. The van der Waals surface area contributed by atoms with Crippen LogP contribution in [0, 0.1) is 36.5 Å². The third kappa shape index (κ3) is 1.95. The minimum atomic E-state index is -0.0249. The number of hydrogen-bond donors (Lipinski definition) is 1. The summed E-state index contributed by atoms with van der Waals surface area (Å²) >= 11 is 0. The molecule has 122 valence electrons. The van der Waals surface area contributed by atoms with Gasteiger partial charge in [-0.2, -0.15) is 0 Å². The lowest BCUT2D eigenvalue weighted by molar-refractivity contribution is -0.133. The summed E-state index contributed by atoms with van der Waals surface area (Å²) in [7, 11) is 0. The van der Waals surface area contributed by atoms with Crippen LogP contribution in [-0.4, -0.2) is 33.9 Å². The monoisotopic (exact) mass is 313 g/mol. The van der Waals surface area contributed by atoms with Crippen molar-refractivity contribution in [3.05, 3.63) is 27.4 Å². The Labute approximate surface area is 135 Å². The van der Waals surface area contributed by atoms with Crippen LogP contribution < -0.4 is 5.56 Å². The zero-order valence-electron chi connectivity index (χ0n) is 13.5. The van der Waals surface area contributed by atoms with Crippen molar-refractivity contribution in [1.82, 2.24) is 14.9 Å². The van der Waals surface area contributed by atoms with Gasteiger partial charge in [0, 0.05) is 31.0 Å². The second-order valence-electron chi connectivity index (χ2n) is 7.92. The molecule has 0 saturated heterocycles. The predicted octanol–water partition coefficient (Wildman–Crippen LogP) is 1.30. The van der Waals surface area contributed by atoms with E-state index in [9.17, 15) is 9.59 Å². The van der Waals surface area contributed by atoms with Gasteiger partial charge in [0.15, 0.2) is 0 Å². The SMILES string of the molecule is Cc1nc2c(c(=O)[nH]1)CCN(C(=O)C1[C@@H]3[C@H]4CC[C@@H](C4)[C@H]13)CC2. The van der Waals surface area contributed by atoms with E-state index in [1.807, 2.05) is 11.8 Å². The van der Waals surface area contributed by atoms with Gasteiger partial charge in [0.05, 0.1) is 5.69 Å². The molecule has 23 heavy (non-hydrogen) atoms. The molecule has 5 atom stereocenters. The summed E-state index contributed by atoms with van der Waals surface area (Å²) in [6.45, 7) is 3.20. The number of aryl methyl sites for hydroxylation is 1. The van der Waals surface area contributed by atoms with Crippen molar-refractivity contribution < 1.29 is 4.79 Å². The Bertz CT molecular complexity index is 724. The third-order valence-corrected chi connectivity index (χ3v) is 6.80. The molecular formula is C18H23N3O2. The standard InChI is InChI=1S/C18H23N3O2/c1-9-19-13-5-7-21(6-4-12(13)17(22)20-9)18(23)16-14-10-2-3-11(8-10)15(14)16/h10-11,14-16H,2-8H2,1H3,(H,19,20,22)/t10-,11-,14-,15+,16?/m0/s1. The van der Waals surface area contributed by atoms with Crippen molar-refractivity contribution in [2.24, 2.45) is 29.6 Å². The molecule has 0 radical (unpaired) electrons. The molecule has 5 heteroatoms. The highest BCUT2D eigenvalue weighted by molar-refractivity contribution is 5.83. The van der Waals surface area contributed by atoms with Gasteiger partial charge in [0.2, 0.25) is 5.91 Å². The molecule has 1 unspecified atom stereocenters. The van der Waals surface area contributed by atoms with E-state index < -0.39 is 0 Å². The number of fused-ring (bicyclic) bond motifs is 6. The predicted molar refractivity (Wildman–Crippen MR) is 84.9 cm³/mol. The minimum absolute atomic E-state index is 0.0249. The van der Waals surface area contributed by atoms with Crippen molar-refractivity contribution in [2.45, 2.75) is 39.0 Å². The van der Waals surface area contributed by atoms with Gasteiger partial charge in [-0.3, -0.25) is 9.59 Å². The summed E-state index contributed by atoms with van der Waals surface area (Å²) in [5.74, 6) is 4.37. The van der Waals surface area contributed by atoms with Gasteiger partial charge >= 0.3 is 0 Å². The Morgan fingerprint density at radius 2 is 1.87 bits per heavy atom. The smallest absolute Gasteiger partial charge is 0.254 e. The van der Waals surface area contributed by atoms with Crippen LogP contribution in [0.2, 0.25) is 0 Å².